The van der Waals surface area contributed by atoms with E-state index in [-0.39, 0.29) is 22.7 Å². The van der Waals surface area contributed by atoms with E-state index in [9.17, 15) is 14.9 Å². The Bertz CT molecular complexity index is 1710. The summed E-state index contributed by atoms with van der Waals surface area (Å²) in [7, 11) is 3.79. The van der Waals surface area contributed by atoms with Gasteiger partial charge in [-0.25, -0.2) is 9.59 Å². The van der Waals surface area contributed by atoms with Crippen LogP contribution >= 0.6 is 0 Å². The lowest BCUT2D eigenvalue weighted by molar-refractivity contribution is -0.140. The van der Waals surface area contributed by atoms with Crippen LogP contribution in [-0.2, 0) is 29.3 Å². The second-order valence-corrected chi connectivity index (χ2v) is 10.8. The fourth-order valence-electron chi connectivity index (χ4n) is 6.40. The van der Waals surface area contributed by atoms with Crippen molar-refractivity contribution in [1.82, 2.24) is 0 Å². The molecular weight excluding hydrogens is 552 g/mol. The van der Waals surface area contributed by atoms with Gasteiger partial charge in [-0.15, -0.1) is 0 Å². The van der Waals surface area contributed by atoms with Crippen molar-refractivity contribution >= 4 is 34.8 Å². The normalized spacial score (nSPS) is 20.0. The minimum atomic E-state index is -2.16. The van der Waals surface area contributed by atoms with Gasteiger partial charge in [0, 0.05) is 16.8 Å². The van der Waals surface area contributed by atoms with Crippen LogP contribution < -0.4 is 25.0 Å². The number of carbonyl (C=O) groups is 3. The molecule has 2 N–H and O–H groups in total. The van der Waals surface area contributed by atoms with Crippen LogP contribution in [0.15, 0.2) is 65.1 Å². The van der Waals surface area contributed by atoms with Crippen LogP contribution in [0.2, 0.25) is 0 Å². The Balaban J connectivity index is 2.00. The standard InChI is InChI=1S/C32H32N4O7/c1-8-43-20-13-21-17(2)15-31(3,4)36-25(21)22(14-20)32(30(36)39)23(16-33)27(34)35(18-9-11-19(40-5)12-10-18)26(29(38)42-7)24(32)28(37)41-6/h9-15H,8,34H2,1-7H3. The first-order chi connectivity index (χ1) is 20.4. The van der Waals surface area contributed by atoms with E-state index < -0.39 is 34.4 Å². The van der Waals surface area contributed by atoms with Gasteiger partial charge in [0.1, 0.15) is 34.5 Å². The molecule has 1 spiro atoms. The van der Waals surface area contributed by atoms with Gasteiger partial charge in [-0.3, -0.25) is 9.69 Å². The summed E-state index contributed by atoms with van der Waals surface area (Å²) in [6.45, 7) is 7.76. The fourth-order valence-corrected chi connectivity index (χ4v) is 6.40. The molecule has 2 aromatic carbocycles. The quantitative estimate of drug-likeness (QED) is 0.499. The third kappa shape index (κ3) is 3.90. The number of methoxy groups -OCH3 is 3. The number of esters is 2. The van der Waals surface area contributed by atoms with E-state index in [0.717, 1.165) is 19.8 Å². The van der Waals surface area contributed by atoms with Crippen molar-refractivity contribution in [2.75, 3.05) is 37.7 Å². The van der Waals surface area contributed by atoms with Gasteiger partial charge >= 0.3 is 11.9 Å². The van der Waals surface area contributed by atoms with Crippen molar-refractivity contribution in [1.29, 1.82) is 5.26 Å². The Morgan fingerprint density at radius 3 is 2.23 bits per heavy atom. The number of rotatable bonds is 6. The SMILES string of the molecule is CCOc1cc2c3c(c1)C1(C(=O)N3C(C)(C)C=C2C)C(C#N)=C(N)N(c2ccc(OC)cc2)C(C(=O)OC)=C1C(=O)OC. The molecule has 2 aromatic rings. The van der Waals surface area contributed by atoms with E-state index >= 15 is 4.79 Å². The van der Waals surface area contributed by atoms with Crippen LogP contribution in [0, 0.1) is 11.3 Å². The second kappa shape index (κ2) is 10.2. The Kier molecular flexibility index (Phi) is 6.97. The highest BCUT2D eigenvalue weighted by atomic mass is 16.5. The highest BCUT2D eigenvalue weighted by Crippen LogP contribution is 2.60. The van der Waals surface area contributed by atoms with E-state index in [1.807, 2.05) is 39.8 Å². The van der Waals surface area contributed by atoms with Crippen molar-refractivity contribution in [3.8, 4) is 17.6 Å². The molecule has 1 atom stereocenters. The van der Waals surface area contributed by atoms with E-state index in [1.165, 1.54) is 12.0 Å². The molecule has 3 heterocycles. The average molecular weight is 585 g/mol. The van der Waals surface area contributed by atoms with Gasteiger partial charge in [0.2, 0.25) is 5.91 Å². The number of hydrogen-bond donors (Lipinski definition) is 1. The molecule has 1 unspecified atom stereocenters. The molecule has 11 heteroatoms. The average Bonchev–Trinajstić information content (AvgIpc) is 3.24. The van der Waals surface area contributed by atoms with Crippen LogP contribution in [0.3, 0.4) is 0 Å². The predicted octanol–water partition coefficient (Wildman–Crippen LogP) is 3.69. The second-order valence-electron chi connectivity index (χ2n) is 10.8. The topological polar surface area (TPSA) is 144 Å². The lowest BCUT2D eigenvalue weighted by atomic mass is 9.66. The van der Waals surface area contributed by atoms with Crippen LogP contribution in [0.4, 0.5) is 11.4 Å². The Morgan fingerprint density at radius 2 is 1.67 bits per heavy atom. The molecule has 3 aliphatic heterocycles. The number of ether oxygens (including phenoxy) is 4. The number of nitriles is 1. The monoisotopic (exact) mass is 584 g/mol. The van der Waals surface area contributed by atoms with Gasteiger partial charge < -0.3 is 29.6 Å². The van der Waals surface area contributed by atoms with Crippen LogP contribution in [0.25, 0.3) is 5.57 Å². The fraction of sp³-hybridized carbons (Fsp3) is 0.312. The minimum absolute atomic E-state index is 0.230. The third-order valence-electron chi connectivity index (χ3n) is 8.03. The van der Waals surface area contributed by atoms with Gasteiger partial charge in [-0.1, -0.05) is 6.08 Å². The van der Waals surface area contributed by atoms with Crippen molar-refractivity contribution in [3.05, 3.63) is 76.3 Å². The zero-order chi connectivity index (χ0) is 31.4. The molecule has 1 amide bonds. The molecule has 0 aromatic heterocycles. The zero-order valence-corrected chi connectivity index (χ0v) is 25.0. The summed E-state index contributed by atoms with van der Waals surface area (Å²) < 4.78 is 21.6. The summed E-state index contributed by atoms with van der Waals surface area (Å²) >= 11 is 0. The summed E-state index contributed by atoms with van der Waals surface area (Å²) in [6, 6.07) is 12.0. The number of hydrogen-bond acceptors (Lipinski definition) is 10. The van der Waals surface area contributed by atoms with Gasteiger partial charge in [0.05, 0.1) is 50.3 Å². The first kappa shape index (κ1) is 29.3. The maximum absolute atomic E-state index is 15.1. The van der Waals surface area contributed by atoms with Crippen molar-refractivity contribution in [2.45, 2.75) is 38.6 Å². The van der Waals surface area contributed by atoms with Gasteiger partial charge in [0.15, 0.2) is 0 Å². The van der Waals surface area contributed by atoms with E-state index in [2.05, 4.69) is 6.07 Å². The van der Waals surface area contributed by atoms with E-state index in [0.29, 0.717) is 35.0 Å². The highest BCUT2D eigenvalue weighted by molar-refractivity contribution is 6.23. The van der Waals surface area contributed by atoms with E-state index in [4.69, 9.17) is 24.7 Å². The molecule has 0 radical (unpaired) electrons. The number of anilines is 2. The molecular formula is C32H32N4O7. The lowest BCUT2D eigenvalue weighted by Crippen LogP contribution is -2.56. The number of amides is 1. The summed E-state index contributed by atoms with van der Waals surface area (Å²) in [5, 5.41) is 10.8. The van der Waals surface area contributed by atoms with Gasteiger partial charge in [-0.2, -0.15) is 5.26 Å². The summed E-state index contributed by atoms with van der Waals surface area (Å²) in [5.41, 5.74) is 5.35. The summed E-state index contributed by atoms with van der Waals surface area (Å²) in [6.07, 6.45) is 1.93. The zero-order valence-electron chi connectivity index (χ0n) is 25.0. The molecule has 222 valence electrons. The van der Waals surface area contributed by atoms with Crippen molar-refractivity contribution < 1.29 is 33.3 Å². The molecule has 0 saturated heterocycles. The predicted molar refractivity (Wildman–Crippen MR) is 158 cm³/mol. The number of carbonyl (C=O) groups excluding carboxylic acids is 3. The smallest absolute Gasteiger partial charge is 0.355 e. The Hall–Kier alpha value is -5.24. The minimum Gasteiger partial charge on any atom is -0.497 e. The number of fused-ring (bicyclic) bond motifs is 1. The molecule has 0 saturated carbocycles. The lowest BCUT2D eigenvalue weighted by Gasteiger charge is -2.42. The van der Waals surface area contributed by atoms with Crippen LogP contribution in [-0.4, -0.2) is 51.3 Å². The summed E-state index contributed by atoms with van der Waals surface area (Å²) in [5.74, 6) is -1.91. The summed E-state index contributed by atoms with van der Waals surface area (Å²) in [4.78, 5) is 45.5. The van der Waals surface area contributed by atoms with Crippen molar-refractivity contribution in [2.24, 2.45) is 5.73 Å². The molecule has 0 fully saturated rings. The largest absolute Gasteiger partial charge is 0.497 e. The maximum Gasteiger partial charge on any atom is 0.355 e. The van der Waals surface area contributed by atoms with Gasteiger partial charge in [0.25, 0.3) is 0 Å². The molecule has 43 heavy (non-hydrogen) atoms. The van der Waals surface area contributed by atoms with E-state index in [1.54, 1.807) is 35.2 Å². The molecule has 5 rings (SSSR count). The first-order valence-electron chi connectivity index (χ1n) is 13.6. The van der Waals surface area contributed by atoms with Crippen LogP contribution in [0.5, 0.6) is 11.5 Å². The van der Waals surface area contributed by atoms with Crippen molar-refractivity contribution in [3.63, 3.8) is 0 Å². The molecule has 11 nitrogen and oxygen atoms in total. The Labute approximate surface area is 249 Å². The van der Waals surface area contributed by atoms with Gasteiger partial charge in [-0.05, 0) is 69.7 Å². The number of nitrogens with zero attached hydrogens (tertiary/aromatic N) is 3. The number of allylic oxidation sites excluding steroid dienone is 1. The number of benzene rings is 2. The molecule has 0 bridgehead atoms. The third-order valence-corrected chi connectivity index (χ3v) is 8.03. The highest BCUT2D eigenvalue weighted by Gasteiger charge is 2.66. The maximum atomic E-state index is 15.1. The molecule has 0 aliphatic carbocycles. The first-order valence-corrected chi connectivity index (χ1v) is 13.6. The molecule has 3 aliphatic rings. The number of nitrogens with two attached hydrogens (primary N) is 1. The Morgan fingerprint density at radius 1 is 1.02 bits per heavy atom. The van der Waals surface area contributed by atoms with Crippen LogP contribution in [0.1, 0.15) is 38.8 Å².